The summed E-state index contributed by atoms with van der Waals surface area (Å²) in [6.45, 7) is 8.68. The van der Waals surface area contributed by atoms with Crippen molar-refractivity contribution in [3.63, 3.8) is 0 Å². The summed E-state index contributed by atoms with van der Waals surface area (Å²) in [6.07, 6.45) is 1.64. The molecule has 0 bridgehead atoms. The zero-order chi connectivity index (χ0) is 20.0. The third-order valence-corrected chi connectivity index (χ3v) is 3.54. The van der Waals surface area contributed by atoms with Gasteiger partial charge in [-0.3, -0.25) is 4.98 Å². The first kappa shape index (κ1) is 20.4. The van der Waals surface area contributed by atoms with Crippen LogP contribution in [0.4, 0.5) is 24.9 Å². The number of rotatable bonds is 7. The van der Waals surface area contributed by atoms with E-state index in [2.05, 4.69) is 32.2 Å². The average Bonchev–Trinajstić information content (AvgIpc) is 2.59. The Morgan fingerprint density at radius 2 is 2.04 bits per heavy atom. The van der Waals surface area contributed by atoms with E-state index < -0.39 is 11.7 Å². The molecule has 8 heteroatoms. The van der Waals surface area contributed by atoms with Crippen molar-refractivity contribution in [3.8, 4) is 0 Å². The Hall–Kier alpha value is -2.90. The van der Waals surface area contributed by atoms with Crippen molar-refractivity contribution in [3.05, 3.63) is 54.3 Å². The number of allylic oxidation sites excluding steroid dienone is 3. The topological polar surface area (TPSA) is 62.7 Å². The summed E-state index contributed by atoms with van der Waals surface area (Å²) in [5.41, 5.74) is 0.184. The number of pyridine rings is 1. The molecule has 2 rings (SSSR count). The molecule has 0 radical (unpaired) electrons. The van der Waals surface area contributed by atoms with Crippen molar-refractivity contribution in [1.82, 2.24) is 15.0 Å². The van der Waals surface area contributed by atoms with Gasteiger partial charge in [-0.05, 0) is 38.5 Å². The number of fused-ring (bicyclic) bond motifs is 1. The van der Waals surface area contributed by atoms with E-state index in [9.17, 15) is 13.2 Å². The highest BCUT2D eigenvalue weighted by molar-refractivity contribution is 5.86. The van der Waals surface area contributed by atoms with Gasteiger partial charge in [0.25, 0.3) is 0 Å². The Balaban J connectivity index is 2.36. The Labute approximate surface area is 156 Å². The second-order valence-electron chi connectivity index (χ2n) is 6.11. The fraction of sp³-hybridized carbons (Fsp3) is 0.316. The Morgan fingerprint density at radius 3 is 2.67 bits per heavy atom. The van der Waals surface area contributed by atoms with Crippen molar-refractivity contribution in [2.75, 3.05) is 17.2 Å². The van der Waals surface area contributed by atoms with Gasteiger partial charge in [0, 0.05) is 18.8 Å². The van der Waals surface area contributed by atoms with Gasteiger partial charge in [0.15, 0.2) is 5.82 Å². The zero-order valence-electron chi connectivity index (χ0n) is 15.4. The Morgan fingerprint density at radius 1 is 1.30 bits per heavy atom. The first-order valence-electron chi connectivity index (χ1n) is 8.44. The first-order valence-corrected chi connectivity index (χ1v) is 8.44. The lowest BCUT2D eigenvalue weighted by Gasteiger charge is -2.16. The van der Waals surface area contributed by atoms with E-state index in [1.165, 1.54) is 12.2 Å². The molecular weight excluding hydrogens is 355 g/mol. The van der Waals surface area contributed by atoms with E-state index in [0.717, 1.165) is 0 Å². The van der Waals surface area contributed by atoms with Gasteiger partial charge in [0.2, 0.25) is 5.95 Å². The van der Waals surface area contributed by atoms with Crippen molar-refractivity contribution >= 4 is 22.8 Å². The molecule has 0 aliphatic carbocycles. The largest absolute Gasteiger partial charge is 0.416 e. The van der Waals surface area contributed by atoms with E-state index in [1.54, 1.807) is 31.3 Å². The summed E-state index contributed by atoms with van der Waals surface area (Å²) in [5, 5.41) is 6.04. The SMILES string of the molecule is C=C(/C(=C\C=C/C)CNc1nc(NC(C)C)nc2cccnc12)C(F)(F)F. The first-order chi connectivity index (χ1) is 12.7. The molecule has 0 spiro atoms. The minimum atomic E-state index is -4.51. The fourth-order valence-electron chi connectivity index (χ4n) is 2.25. The van der Waals surface area contributed by atoms with Crippen molar-refractivity contribution in [2.24, 2.45) is 0 Å². The minimum Gasteiger partial charge on any atom is -0.364 e. The van der Waals surface area contributed by atoms with Crippen LogP contribution < -0.4 is 10.6 Å². The molecule has 0 fully saturated rings. The molecule has 2 aromatic heterocycles. The molecule has 2 aromatic rings. The molecule has 2 heterocycles. The highest BCUT2D eigenvalue weighted by atomic mass is 19.4. The van der Waals surface area contributed by atoms with Crippen LogP contribution in [0.1, 0.15) is 20.8 Å². The van der Waals surface area contributed by atoms with Crippen LogP contribution in [0.25, 0.3) is 11.0 Å². The second-order valence-corrected chi connectivity index (χ2v) is 6.11. The summed E-state index contributed by atoms with van der Waals surface area (Å²) < 4.78 is 39.2. The highest BCUT2D eigenvalue weighted by Gasteiger charge is 2.33. The van der Waals surface area contributed by atoms with E-state index >= 15 is 0 Å². The number of hydrogen-bond acceptors (Lipinski definition) is 5. The van der Waals surface area contributed by atoms with Crippen LogP contribution in [0, 0.1) is 0 Å². The lowest BCUT2D eigenvalue weighted by atomic mass is 10.1. The van der Waals surface area contributed by atoms with Crippen LogP contribution >= 0.6 is 0 Å². The van der Waals surface area contributed by atoms with Crippen LogP contribution in [-0.4, -0.2) is 33.7 Å². The van der Waals surface area contributed by atoms with Crippen LogP contribution in [0.3, 0.4) is 0 Å². The maximum atomic E-state index is 13.1. The number of nitrogens with zero attached hydrogens (tertiary/aromatic N) is 3. The fourth-order valence-corrected chi connectivity index (χ4v) is 2.25. The second kappa shape index (κ2) is 8.66. The third-order valence-electron chi connectivity index (χ3n) is 3.54. The molecule has 0 unspecified atom stereocenters. The van der Waals surface area contributed by atoms with Crippen LogP contribution in [0.5, 0.6) is 0 Å². The summed E-state index contributed by atoms with van der Waals surface area (Å²) >= 11 is 0. The molecule has 5 nitrogen and oxygen atoms in total. The molecule has 2 N–H and O–H groups in total. The molecule has 0 saturated carbocycles. The van der Waals surface area contributed by atoms with Crippen molar-refractivity contribution in [1.29, 1.82) is 0 Å². The Bertz CT molecular complexity index is 869. The number of halogens is 3. The standard InChI is InChI=1S/C19H22F3N5/c1-5-6-8-14(13(4)19(20,21)22)11-24-17-16-15(9-7-10-23-16)26-18(27-17)25-12(2)3/h5-10,12H,4,11H2,1-3H3,(H2,24,25,26,27)/b6-5-,14-8-. The van der Waals surface area contributed by atoms with Gasteiger partial charge < -0.3 is 10.6 Å². The zero-order valence-corrected chi connectivity index (χ0v) is 15.4. The molecule has 0 aromatic carbocycles. The number of nitrogens with one attached hydrogen (secondary N) is 2. The quantitative estimate of drug-likeness (QED) is 0.674. The van der Waals surface area contributed by atoms with E-state index in [0.29, 0.717) is 22.8 Å². The van der Waals surface area contributed by atoms with Gasteiger partial charge in [-0.2, -0.15) is 18.2 Å². The molecule has 144 valence electrons. The molecule has 27 heavy (non-hydrogen) atoms. The lowest BCUT2D eigenvalue weighted by molar-refractivity contribution is -0.0889. The Kier molecular flexibility index (Phi) is 6.55. The van der Waals surface area contributed by atoms with Crippen LogP contribution in [0.2, 0.25) is 0 Å². The van der Waals surface area contributed by atoms with Gasteiger partial charge >= 0.3 is 6.18 Å². The van der Waals surface area contributed by atoms with Crippen LogP contribution in [-0.2, 0) is 0 Å². The van der Waals surface area contributed by atoms with Gasteiger partial charge in [-0.25, -0.2) is 4.98 Å². The number of hydrogen-bond donors (Lipinski definition) is 2. The molecular formula is C19H22F3N5. The van der Waals surface area contributed by atoms with Gasteiger partial charge in [0.1, 0.15) is 5.52 Å². The van der Waals surface area contributed by atoms with E-state index in [4.69, 9.17) is 0 Å². The highest BCUT2D eigenvalue weighted by Crippen LogP contribution is 2.30. The number of aromatic nitrogens is 3. The molecule has 0 aliphatic heterocycles. The summed E-state index contributed by atoms with van der Waals surface area (Å²) in [5.74, 6) is 0.728. The monoisotopic (exact) mass is 377 g/mol. The smallest absolute Gasteiger partial charge is 0.364 e. The predicted molar refractivity (Wildman–Crippen MR) is 103 cm³/mol. The number of alkyl halides is 3. The minimum absolute atomic E-state index is 0.0154. The van der Waals surface area contributed by atoms with E-state index in [-0.39, 0.29) is 18.2 Å². The molecule has 0 aliphatic rings. The van der Waals surface area contributed by atoms with Crippen molar-refractivity contribution < 1.29 is 13.2 Å². The summed E-state index contributed by atoms with van der Waals surface area (Å²) in [6, 6.07) is 3.61. The van der Waals surface area contributed by atoms with Gasteiger partial charge in [-0.15, -0.1) is 0 Å². The summed E-state index contributed by atoms with van der Waals surface area (Å²) in [4.78, 5) is 13.0. The molecule has 0 atom stereocenters. The number of anilines is 2. The average molecular weight is 377 g/mol. The molecule has 0 saturated heterocycles. The van der Waals surface area contributed by atoms with Gasteiger partial charge in [-0.1, -0.05) is 24.8 Å². The molecule has 0 amide bonds. The van der Waals surface area contributed by atoms with Gasteiger partial charge in [0.05, 0.1) is 11.1 Å². The van der Waals surface area contributed by atoms with Crippen molar-refractivity contribution in [2.45, 2.75) is 33.0 Å². The predicted octanol–water partition coefficient (Wildman–Crippen LogP) is 4.88. The summed E-state index contributed by atoms with van der Waals surface area (Å²) in [7, 11) is 0. The lowest BCUT2D eigenvalue weighted by Crippen LogP contribution is -2.19. The normalized spacial score (nSPS) is 12.8. The van der Waals surface area contributed by atoms with Crippen LogP contribution in [0.15, 0.2) is 54.3 Å². The maximum Gasteiger partial charge on any atom is 0.416 e. The van der Waals surface area contributed by atoms with E-state index in [1.807, 2.05) is 13.8 Å². The third kappa shape index (κ3) is 5.54. The maximum absolute atomic E-state index is 13.1.